The maximum absolute atomic E-state index is 13.1. The van der Waals surface area contributed by atoms with Gasteiger partial charge < -0.3 is 0 Å². The summed E-state index contributed by atoms with van der Waals surface area (Å²) in [6, 6.07) is 25.0. The second-order valence-corrected chi connectivity index (χ2v) is 44.1. The quantitative estimate of drug-likeness (QED) is 0.0696. The van der Waals surface area contributed by atoms with Crippen molar-refractivity contribution < 1.29 is 57.5 Å². The van der Waals surface area contributed by atoms with E-state index < -0.39 is 35.5 Å². The van der Waals surface area contributed by atoms with Crippen LogP contribution in [0.4, 0.5) is 0 Å². The lowest BCUT2D eigenvalue weighted by molar-refractivity contribution is -0.126. The van der Waals surface area contributed by atoms with E-state index in [0.29, 0.717) is 85.9 Å². The Balaban J connectivity index is 0.000000136. The van der Waals surface area contributed by atoms with E-state index >= 15 is 0 Å². The summed E-state index contributed by atoms with van der Waals surface area (Å²) in [5.74, 6) is 3.59. The van der Waals surface area contributed by atoms with Crippen LogP contribution in [0.15, 0.2) is 108 Å². The predicted molar refractivity (Wildman–Crippen MR) is 533 cm³/mol. The maximum atomic E-state index is 13.1. The predicted octanol–water partition coefficient (Wildman–Crippen LogP) is 26.3. The molecule has 6 aromatic rings. The fraction of sp³-hybridized carbons (Fsp3) is 0.554. The molecule has 18 rings (SSSR count). The third-order valence-corrected chi connectivity index (χ3v) is 32.4. The van der Waals surface area contributed by atoms with Crippen molar-refractivity contribution in [2.45, 2.75) is 361 Å². The van der Waals surface area contributed by atoms with Crippen molar-refractivity contribution in [1.82, 2.24) is 0 Å². The zero-order valence-electron chi connectivity index (χ0n) is 84.3. The van der Waals surface area contributed by atoms with Gasteiger partial charge in [0, 0.05) is 56.3 Å². The minimum Gasteiger partial charge on any atom is -0.298 e. The molecule has 12 saturated carbocycles. The number of rotatable bonds is 15. The zero-order chi connectivity index (χ0) is 96.3. The molecule has 708 valence electrons. The third-order valence-electron chi connectivity index (χ3n) is 32.4. The van der Waals surface area contributed by atoms with Gasteiger partial charge in [-0.15, -0.1) is 0 Å². The Morgan fingerprint density at radius 1 is 0.256 bits per heavy atom. The van der Waals surface area contributed by atoms with Gasteiger partial charge in [0.25, 0.3) is 0 Å². The van der Waals surface area contributed by atoms with Crippen LogP contribution in [-0.2, 0) is 57.5 Å². The van der Waals surface area contributed by atoms with E-state index in [2.05, 4.69) is 140 Å². The maximum Gasteiger partial charge on any atom is 0.173 e. The Hall–Kier alpha value is -9.42. The number of carbonyl (C=O) groups excluding carboxylic acids is 12. The van der Waals surface area contributed by atoms with Gasteiger partial charge in [0.2, 0.25) is 0 Å². The molecule has 12 aliphatic rings. The molecule has 12 heteroatoms. The smallest absolute Gasteiger partial charge is 0.173 e. The highest BCUT2D eigenvalue weighted by atomic mass is 16.2. The van der Waals surface area contributed by atoms with Gasteiger partial charge in [-0.2, -0.15) is 0 Å². The van der Waals surface area contributed by atoms with Gasteiger partial charge in [-0.3, -0.25) is 57.5 Å². The number of carbonyl (C=O) groups is 12. The normalized spacial score (nSPS) is 28.0. The van der Waals surface area contributed by atoms with Crippen molar-refractivity contribution in [1.29, 1.82) is 0 Å². The first-order valence-electron chi connectivity index (χ1n) is 51.0. The summed E-state index contributed by atoms with van der Waals surface area (Å²) in [6.07, 6.45) is 34.9. The van der Waals surface area contributed by atoms with Gasteiger partial charge in [-0.1, -0.05) is 235 Å². The Kier molecular flexibility index (Phi) is 32.9. The van der Waals surface area contributed by atoms with E-state index in [1.54, 1.807) is 0 Å². The summed E-state index contributed by atoms with van der Waals surface area (Å²) in [6.45, 7) is 43.4. The Morgan fingerprint density at radius 3 is 0.827 bits per heavy atom. The van der Waals surface area contributed by atoms with Crippen LogP contribution in [0, 0.1) is 196 Å². The molecule has 0 N–H and O–H groups in total. The fourth-order valence-electron chi connectivity index (χ4n) is 25.7. The largest absolute Gasteiger partial charge is 0.298 e. The number of hydrogen-bond donors (Lipinski definition) is 0. The van der Waals surface area contributed by atoms with Crippen LogP contribution in [0.1, 0.15) is 370 Å². The molecule has 15 unspecified atom stereocenters. The van der Waals surface area contributed by atoms with Gasteiger partial charge in [-0.25, -0.2) is 0 Å². The van der Waals surface area contributed by atoms with Crippen molar-refractivity contribution in [3.05, 3.63) is 241 Å². The van der Waals surface area contributed by atoms with Crippen molar-refractivity contribution in [3.8, 4) is 0 Å². The average Bonchev–Trinajstić information content (AvgIpc) is 1.64. The van der Waals surface area contributed by atoms with Crippen LogP contribution in [0.2, 0.25) is 0 Å². The highest BCUT2D eigenvalue weighted by Crippen LogP contribution is 2.49. The van der Waals surface area contributed by atoms with Gasteiger partial charge in [0.05, 0.1) is 0 Å². The fourth-order valence-corrected chi connectivity index (χ4v) is 25.7. The number of Topliss-reactive ketones (excluding diaryl/α,β-unsaturated/α-hetero) is 12. The molecule has 12 nitrogen and oxygen atoms in total. The first-order valence-corrected chi connectivity index (χ1v) is 51.0. The van der Waals surface area contributed by atoms with Crippen LogP contribution in [-0.4, -0.2) is 69.4 Å². The molecule has 0 radical (unpaired) electrons. The first kappa shape index (κ1) is 101. The molecule has 0 heterocycles. The molecular formula is C121H152O12. The van der Waals surface area contributed by atoms with Gasteiger partial charge >= 0.3 is 0 Å². The molecule has 0 spiro atoms. The van der Waals surface area contributed by atoms with E-state index in [1.807, 2.05) is 96.1 Å². The highest BCUT2D eigenvalue weighted by Gasteiger charge is 2.50. The highest BCUT2D eigenvalue weighted by molar-refractivity contribution is 6.25. The summed E-state index contributed by atoms with van der Waals surface area (Å²) in [7, 11) is 0. The number of aryl methyl sites for hydroxylation is 18. The van der Waals surface area contributed by atoms with Crippen LogP contribution >= 0.6 is 0 Å². The van der Waals surface area contributed by atoms with E-state index in [-0.39, 0.29) is 87.2 Å². The molecule has 0 bridgehead atoms. The standard InChI is InChI=1S/C22H28O2.C22H30O2.C22H28O2.C19H24O2.C18H22O2.C18H20O2/c1-13-6-5-7-17(10-13)11-18-12-19(23)21(22(18)24)20-15(3)8-14(2)9-16(20)4;2*1-13-9-15(3)20(16(4)10-13)21-19(23)12-18(22(21)24)11-17-8-6-5-7-14(17)2;1-11-7-12(2)17(13(3)8-11)18-16(20)10-15(19(18)21)9-14-5-4-6-14;2*1-10-6-11(2)16(12(3)7-10)17-15(19)9-14(18(17)20)8-13-4-5-13/h8-9,11,13,17,21H,5-7,10,12H2,1-4H3;9-10,14,17-18,21H,5-8,11-12H2,1-4H3;9-11,14,17,21H,5-8,12H2,1-4H3;7-8,14-15,18H,4-6,9-10H2,1-3H3;6-7,13-14,17H,4-5,8-9H2,1-3H3;6-8,13,17H,4-5,9H2,1-3H3/b18-11+;;18-11+;;;14-8+. The molecule has 0 amide bonds. The Morgan fingerprint density at radius 2 is 0.534 bits per heavy atom. The number of hydrogen-bond acceptors (Lipinski definition) is 12. The SMILES string of the molecule is Cc1cc(C)c(C2C(=O)C/C(=C\C3CC3)C2=O)c(C)c1.Cc1cc(C)c(C2C(=O)C/C(=C\C3CCCC(C)C3)C2=O)c(C)c1.Cc1cc(C)c(C2C(=O)C/C(=C\C3CCCCC3C)C2=O)c(C)c1.Cc1cc(C)c(C2C(=O)CC(CC3CC3)C2=O)c(C)c1.Cc1cc(C)c(C2C(=O)CC(CC3CCC3)C2=O)c(C)c1.Cc1cc(C)c(C2C(=O)CC(CC3CCCCC3C)C2=O)c(C)c1. The van der Waals surface area contributed by atoms with E-state index in [1.165, 1.54) is 123 Å². The summed E-state index contributed by atoms with van der Waals surface area (Å²) in [5, 5.41) is 0. The second kappa shape index (κ2) is 43.3. The second-order valence-electron chi connectivity index (χ2n) is 44.1. The molecule has 6 aromatic carbocycles. The molecule has 0 saturated heterocycles. The summed E-state index contributed by atoms with van der Waals surface area (Å²) >= 11 is 0. The lowest BCUT2D eigenvalue weighted by atomic mass is 9.75. The first-order chi connectivity index (χ1) is 63.0. The molecule has 12 fully saturated rings. The molecule has 15 atom stereocenters. The summed E-state index contributed by atoms with van der Waals surface area (Å²) in [5.41, 5.74) is 28.0. The van der Waals surface area contributed by atoms with E-state index in [4.69, 9.17) is 0 Å². The minimum absolute atomic E-state index is 0.0138. The average molecular weight is 1800 g/mol. The van der Waals surface area contributed by atoms with Gasteiger partial charge in [0.1, 0.15) is 52.9 Å². The third kappa shape index (κ3) is 23.6. The van der Waals surface area contributed by atoms with Gasteiger partial charge in [0.15, 0.2) is 52.0 Å². The van der Waals surface area contributed by atoms with E-state index in [9.17, 15) is 57.5 Å². The Bertz CT molecular complexity index is 5530. The molecule has 0 aliphatic heterocycles. The molecule has 12 aliphatic carbocycles. The molecular weight excluding hydrogens is 1650 g/mol. The van der Waals surface area contributed by atoms with Crippen LogP contribution in [0.3, 0.4) is 0 Å². The van der Waals surface area contributed by atoms with E-state index in [0.717, 1.165) is 174 Å². The minimum atomic E-state index is -0.573. The summed E-state index contributed by atoms with van der Waals surface area (Å²) < 4.78 is 0. The lowest BCUT2D eigenvalue weighted by Crippen LogP contribution is -2.23. The van der Waals surface area contributed by atoms with Crippen molar-refractivity contribution in [2.75, 3.05) is 0 Å². The number of benzene rings is 6. The number of allylic oxidation sites excluding steroid dienone is 6. The summed E-state index contributed by atoms with van der Waals surface area (Å²) in [4.78, 5) is 152. The molecule has 0 aromatic heterocycles. The monoisotopic (exact) mass is 1800 g/mol. The van der Waals surface area contributed by atoms with Crippen molar-refractivity contribution in [2.24, 2.45) is 71.0 Å². The van der Waals surface area contributed by atoms with Crippen molar-refractivity contribution in [3.63, 3.8) is 0 Å². The zero-order valence-corrected chi connectivity index (χ0v) is 84.3. The lowest BCUT2D eigenvalue weighted by Gasteiger charge is -2.30. The number of ketones is 12. The molecule has 133 heavy (non-hydrogen) atoms. The van der Waals surface area contributed by atoms with Crippen LogP contribution < -0.4 is 0 Å². The van der Waals surface area contributed by atoms with Crippen LogP contribution in [0.25, 0.3) is 0 Å². The topological polar surface area (TPSA) is 205 Å². The Labute approximate surface area is 795 Å². The van der Waals surface area contributed by atoms with Gasteiger partial charge in [-0.05, 0) is 346 Å². The van der Waals surface area contributed by atoms with Crippen LogP contribution in [0.5, 0.6) is 0 Å². The van der Waals surface area contributed by atoms with Crippen molar-refractivity contribution >= 4 is 69.4 Å².